The third-order valence-electron chi connectivity index (χ3n) is 4.04. The summed E-state index contributed by atoms with van der Waals surface area (Å²) in [6.45, 7) is 5.86. The predicted molar refractivity (Wildman–Crippen MR) is 111 cm³/mol. The SMILES string of the molecule is C=C(/N=C(N)\N=C(/N)c1noc(-c2ccccc2C)n1)N(C)c1ccccc1. The van der Waals surface area contributed by atoms with Crippen LogP contribution in [0, 0.1) is 6.92 Å². The number of para-hydroxylation sites is 1. The van der Waals surface area contributed by atoms with Gasteiger partial charge in [-0.1, -0.05) is 48.1 Å². The standard InChI is InChI=1S/C20H21N7O/c1-13-9-7-8-12-16(13)19-25-18(26-28-19)17(21)24-20(22)23-14(2)27(3)15-10-5-4-6-11-15/h4-12H,2H2,1,3H3,(H4,21,22,23,24). The average Bonchev–Trinajstić information content (AvgIpc) is 3.18. The minimum atomic E-state index is -0.0625. The van der Waals surface area contributed by atoms with Gasteiger partial charge < -0.3 is 20.9 Å². The van der Waals surface area contributed by atoms with Crippen LogP contribution in [0.3, 0.4) is 0 Å². The maximum atomic E-state index is 5.95. The highest BCUT2D eigenvalue weighted by Gasteiger charge is 2.13. The lowest BCUT2D eigenvalue weighted by atomic mass is 10.1. The summed E-state index contributed by atoms with van der Waals surface area (Å²) in [7, 11) is 1.83. The van der Waals surface area contributed by atoms with E-state index < -0.39 is 0 Å². The second-order valence-electron chi connectivity index (χ2n) is 6.02. The van der Waals surface area contributed by atoms with Gasteiger partial charge in [-0.15, -0.1) is 0 Å². The predicted octanol–water partition coefficient (Wildman–Crippen LogP) is 2.67. The zero-order chi connectivity index (χ0) is 20.1. The van der Waals surface area contributed by atoms with E-state index in [1.165, 1.54) is 0 Å². The molecule has 0 fully saturated rings. The third kappa shape index (κ3) is 4.24. The molecular weight excluding hydrogens is 354 g/mol. The van der Waals surface area contributed by atoms with Crippen LogP contribution in [-0.2, 0) is 0 Å². The molecule has 0 amide bonds. The molecule has 142 valence electrons. The Morgan fingerprint density at radius 2 is 1.71 bits per heavy atom. The Labute approximate surface area is 162 Å². The molecule has 8 heteroatoms. The van der Waals surface area contributed by atoms with Crippen molar-refractivity contribution in [1.29, 1.82) is 0 Å². The lowest BCUT2D eigenvalue weighted by molar-refractivity contribution is 0.428. The minimum Gasteiger partial charge on any atom is -0.380 e. The molecule has 0 unspecified atom stereocenters. The van der Waals surface area contributed by atoms with Crippen molar-refractivity contribution >= 4 is 17.5 Å². The molecule has 0 bridgehead atoms. The number of aryl methyl sites for hydroxylation is 1. The van der Waals surface area contributed by atoms with Crippen molar-refractivity contribution in [1.82, 2.24) is 10.1 Å². The third-order valence-corrected chi connectivity index (χ3v) is 4.04. The van der Waals surface area contributed by atoms with Gasteiger partial charge in [-0.2, -0.15) is 15.0 Å². The zero-order valence-corrected chi connectivity index (χ0v) is 15.7. The van der Waals surface area contributed by atoms with Gasteiger partial charge in [0.1, 0.15) is 5.82 Å². The fourth-order valence-electron chi connectivity index (χ4n) is 2.46. The first-order valence-corrected chi connectivity index (χ1v) is 8.52. The van der Waals surface area contributed by atoms with Gasteiger partial charge in [-0.3, -0.25) is 0 Å². The van der Waals surface area contributed by atoms with Crippen LogP contribution in [-0.4, -0.2) is 29.0 Å². The van der Waals surface area contributed by atoms with Crippen molar-refractivity contribution in [2.45, 2.75) is 6.92 Å². The topological polar surface area (TPSA) is 119 Å². The van der Waals surface area contributed by atoms with E-state index in [1.54, 1.807) is 4.90 Å². The molecular formula is C20H21N7O. The average molecular weight is 375 g/mol. The molecule has 0 saturated carbocycles. The van der Waals surface area contributed by atoms with Gasteiger partial charge in [0.05, 0.1) is 0 Å². The Morgan fingerprint density at radius 1 is 1.04 bits per heavy atom. The molecule has 0 radical (unpaired) electrons. The minimum absolute atomic E-state index is 0.00000152. The molecule has 0 saturated heterocycles. The Kier molecular flexibility index (Phi) is 5.50. The summed E-state index contributed by atoms with van der Waals surface area (Å²) in [6.07, 6.45) is 0. The Bertz CT molecular complexity index is 1040. The van der Waals surface area contributed by atoms with Crippen LogP contribution < -0.4 is 16.4 Å². The van der Waals surface area contributed by atoms with E-state index >= 15 is 0 Å². The number of rotatable bonds is 5. The van der Waals surface area contributed by atoms with Crippen LogP contribution >= 0.6 is 0 Å². The molecule has 8 nitrogen and oxygen atoms in total. The largest absolute Gasteiger partial charge is 0.380 e. The molecule has 3 aromatic rings. The van der Waals surface area contributed by atoms with E-state index in [0.717, 1.165) is 16.8 Å². The van der Waals surface area contributed by atoms with Gasteiger partial charge in [-0.25, -0.2) is 0 Å². The van der Waals surface area contributed by atoms with Crippen molar-refractivity contribution in [3.05, 3.63) is 78.4 Å². The number of nitrogens with two attached hydrogens (primary N) is 2. The van der Waals surface area contributed by atoms with Crippen LogP contribution in [0.5, 0.6) is 0 Å². The van der Waals surface area contributed by atoms with E-state index in [9.17, 15) is 0 Å². The molecule has 1 heterocycles. The first-order chi connectivity index (χ1) is 13.5. The summed E-state index contributed by atoms with van der Waals surface area (Å²) in [5.41, 5.74) is 14.6. The number of hydrogen-bond donors (Lipinski definition) is 2. The second kappa shape index (κ2) is 8.17. The summed E-state index contributed by atoms with van der Waals surface area (Å²) in [5.74, 6) is 0.842. The summed E-state index contributed by atoms with van der Waals surface area (Å²) in [4.78, 5) is 14.3. The molecule has 4 N–H and O–H groups in total. The van der Waals surface area contributed by atoms with E-state index in [0.29, 0.717) is 11.7 Å². The number of anilines is 1. The van der Waals surface area contributed by atoms with Crippen LogP contribution in [0.4, 0.5) is 5.69 Å². The fourth-order valence-corrected chi connectivity index (χ4v) is 2.46. The van der Waals surface area contributed by atoms with Crippen LogP contribution in [0.15, 0.2) is 81.5 Å². The Balaban J connectivity index is 1.77. The maximum Gasteiger partial charge on any atom is 0.258 e. The molecule has 2 aromatic carbocycles. The van der Waals surface area contributed by atoms with Gasteiger partial charge in [0, 0.05) is 18.3 Å². The second-order valence-corrected chi connectivity index (χ2v) is 6.02. The van der Waals surface area contributed by atoms with Crippen molar-refractivity contribution in [2.24, 2.45) is 21.5 Å². The maximum absolute atomic E-state index is 5.95. The molecule has 0 aliphatic heterocycles. The Hall–Kier alpha value is -3.94. The van der Waals surface area contributed by atoms with Gasteiger partial charge in [-0.05, 0) is 30.7 Å². The lowest BCUT2D eigenvalue weighted by Crippen LogP contribution is -2.22. The quantitative estimate of drug-likeness (QED) is 0.523. The van der Waals surface area contributed by atoms with Gasteiger partial charge in [0.2, 0.25) is 11.8 Å². The smallest absolute Gasteiger partial charge is 0.258 e. The monoisotopic (exact) mass is 375 g/mol. The molecule has 28 heavy (non-hydrogen) atoms. The van der Waals surface area contributed by atoms with E-state index in [2.05, 4.69) is 26.7 Å². The number of nitrogens with zero attached hydrogens (tertiary/aromatic N) is 5. The number of aliphatic imine (C=N–C) groups is 2. The summed E-state index contributed by atoms with van der Waals surface area (Å²) < 4.78 is 5.28. The Morgan fingerprint density at radius 3 is 2.43 bits per heavy atom. The number of aromatic nitrogens is 2. The van der Waals surface area contributed by atoms with Crippen molar-refractivity contribution in [3.8, 4) is 11.5 Å². The summed E-state index contributed by atoms with van der Waals surface area (Å²) in [6, 6.07) is 17.3. The summed E-state index contributed by atoms with van der Waals surface area (Å²) in [5, 5.41) is 3.86. The molecule has 0 aliphatic rings. The number of benzene rings is 2. The first-order valence-electron chi connectivity index (χ1n) is 8.52. The number of hydrogen-bond acceptors (Lipinski definition) is 5. The summed E-state index contributed by atoms with van der Waals surface area (Å²) >= 11 is 0. The highest BCUT2D eigenvalue weighted by Crippen LogP contribution is 2.21. The van der Waals surface area contributed by atoms with Crippen molar-refractivity contribution in [3.63, 3.8) is 0 Å². The highest BCUT2D eigenvalue weighted by atomic mass is 16.5. The highest BCUT2D eigenvalue weighted by molar-refractivity contribution is 6.02. The molecule has 3 rings (SSSR count). The lowest BCUT2D eigenvalue weighted by Gasteiger charge is -2.18. The van der Waals surface area contributed by atoms with Gasteiger partial charge in [0.25, 0.3) is 5.89 Å². The van der Waals surface area contributed by atoms with Gasteiger partial charge >= 0.3 is 0 Å². The van der Waals surface area contributed by atoms with Crippen molar-refractivity contribution < 1.29 is 4.52 Å². The fraction of sp³-hybridized carbons (Fsp3) is 0.100. The van der Waals surface area contributed by atoms with Gasteiger partial charge in [0.15, 0.2) is 5.84 Å². The normalized spacial score (nSPS) is 12.1. The molecule has 1 aromatic heterocycles. The van der Waals surface area contributed by atoms with E-state index in [1.807, 2.05) is 68.6 Å². The number of amidine groups is 1. The van der Waals surface area contributed by atoms with E-state index in [4.69, 9.17) is 16.0 Å². The molecule has 0 spiro atoms. The van der Waals surface area contributed by atoms with Crippen LogP contribution in [0.2, 0.25) is 0 Å². The molecule has 0 aliphatic carbocycles. The van der Waals surface area contributed by atoms with E-state index in [-0.39, 0.29) is 17.6 Å². The number of guanidine groups is 1. The zero-order valence-electron chi connectivity index (χ0n) is 15.7. The molecule has 0 atom stereocenters. The van der Waals surface area contributed by atoms with Crippen molar-refractivity contribution in [2.75, 3.05) is 11.9 Å². The van der Waals surface area contributed by atoms with Crippen LogP contribution in [0.1, 0.15) is 11.4 Å². The first kappa shape index (κ1) is 18.8. The van der Waals surface area contributed by atoms with Crippen LogP contribution in [0.25, 0.3) is 11.5 Å².